The molecule has 5 heteroatoms. The van der Waals surface area contributed by atoms with Gasteiger partial charge in [0.15, 0.2) is 5.11 Å². The van der Waals surface area contributed by atoms with E-state index in [1.165, 1.54) is 0 Å². The highest BCUT2D eigenvalue weighted by molar-refractivity contribution is 7.80. The van der Waals surface area contributed by atoms with Crippen molar-refractivity contribution in [3.63, 3.8) is 0 Å². The first kappa shape index (κ1) is 13.6. The molecule has 0 aromatic heterocycles. The number of methoxy groups -OCH3 is 2. The fourth-order valence-corrected chi connectivity index (χ4v) is 0.869. The maximum Gasteiger partial charge on any atom is 0.166 e. The standard InChI is InChI=1S/C9H20N2O2S/c1-9(2,13-4)7-11-8(14)10-5-6-12-3/h5-7H2,1-4H3,(H2,10,11,14). The molecule has 4 nitrogen and oxygen atoms in total. The van der Waals surface area contributed by atoms with Crippen molar-refractivity contribution in [2.45, 2.75) is 19.4 Å². The minimum absolute atomic E-state index is 0.201. The quantitative estimate of drug-likeness (QED) is 0.505. The molecule has 0 heterocycles. The number of rotatable bonds is 6. The molecule has 0 rings (SSSR count). The summed E-state index contributed by atoms with van der Waals surface area (Å²) in [7, 11) is 3.34. The van der Waals surface area contributed by atoms with E-state index in [4.69, 9.17) is 21.7 Å². The molecule has 0 radical (unpaired) electrons. The smallest absolute Gasteiger partial charge is 0.166 e. The highest BCUT2D eigenvalue weighted by Crippen LogP contribution is 2.04. The van der Waals surface area contributed by atoms with Crippen LogP contribution in [0.2, 0.25) is 0 Å². The first-order chi connectivity index (χ1) is 6.52. The molecule has 14 heavy (non-hydrogen) atoms. The van der Waals surface area contributed by atoms with Gasteiger partial charge < -0.3 is 20.1 Å². The Balaban J connectivity index is 3.53. The van der Waals surface area contributed by atoms with E-state index in [0.717, 1.165) is 6.54 Å². The van der Waals surface area contributed by atoms with E-state index in [9.17, 15) is 0 Å². The Bertz CT molecular complexity index is 174. The molecule has 0 fully saturated rings. The molecule has 0 aromatic rings. The fourth-order valence-electron chi connectivity index (χ4n) is 0.694. The number of ether oxygens (including phenoxy) is 2. The predicted molar refractivity (Wildman–Crippen MR) is 61.6 cm³/mol. The minimum atomic E-state index is -0.201. The van der Waals surface area contributed by atoms with E-state index in [2.05, 4.69) is 10.6 Å². The van der Waals surface area contributed by atoms with Gasteiger partial charge in [-0.2, -0.15) is 0 Å². The van der Waals surface area contributed by atoms with Crippen LogP contribution in [-0.2, 0) is 9.47 Å². The van der Waals surface area contributed by atoms with Crippen LogP contribution in [0.3, 0.4) is 0 Å². The summed E-state index contributed by atoms with van der Waals surface area (Å²) in [4.78, 5) is 0. The monoisotopic (exact) mass is 220 g/mol. The van der Waals surface area contributed by atoms with Crippen LogP contribution in [0, 0.1) is 0 Å². The van der Waals surface area contributed by atoms with E-state index < -0.39 is 0 Å². The van der Waals surface area contributed by atoms with Gasteiger partial charge in [0, 0.05) is 27.3 Å². The number of hydrogen-bond donors (Lipinski definition) is 2. The third kappa shape index (κ3) is 7.06. The third-order valence-electron chi connectivity index (χ3n) is 1.82. The Kier molecular flexibility index (Phi) is 6.78. The molecule has 0 atom stereocenters. The van der Waals surface area contributed by atoms with Crippen molar-refractivity contribution in [3.05, 3.63) is 0 Å². The first-order valence-electron chi connectivity index (χ1n) is 4.57. The largest absolute Gasteiger partial charge is 0.383 e. The lowest BCUT2D eigenvalue weighted by Crippen LogP contribution is -2.44. The van der Waals surface area contributed by atoms with E-state index in [1.54, 1.807) is 14.2 Å². The Morgan fingerprint density at radius 2 is 1.93 bits per heavy atom. The average molecular weight is 220 g/mol. The summed E-state index contributed by atoms with van der Waals surface area (Å²) in [6.45, 7) is 6.04. The lowest BCUT2D eigenvalue weighted by molar-refractivity contribution is 0.0269. The maximum atomic E-state index is 5.24. The molecule has 0 saturated heterocycles. The molecule has 2 N–H and O–H groups in total. The van der Waals surface area contributed by atoms with Gasteiger partial charge in [-0.25, -0.2) is 0 Å². The summed E-state index contributed by atoms with van der Waals surface area (Å²) in [5.41, 5.74) is -0.201. The van der Waals surface area contributed by atoms with Crippen LogP contribution in [0.5, 0.6) is 0 Å². The zero-order chi connectivity index (χ0) is 11.0. The summed E-state index contributed by atoms with van der Waals surface area (Å²) >= 11 is 5.05. The zero-order valence-electron chi connectivity index (χ0n) is 9.35. The Morgan fingerprint density at radius 1 is 1.29 bits per heavy atom. The van der Waals surface area contributed by atoms with Crippen LogP contribution in [0.4, 0.5) is 0 Å². The molecule has 0 aliphatic heterocycles. The van der Waals surface area contributed by atoms with Crippen LogP contribution in [-0.4, -0.2) is 44.6 Å². The zero-order valence-corrected chi connectivity index (χ0v) is 10.2. The van der Waals surface area contributed by atoms with Crippen LogP contribution >= 0.6 is 12.2 Å². The van der Waals surface area contributed by atoms with Gasteiger partial charge in [0.2, 0.25) is 0 Å². The second-order valence-corrected chi connectivity index (χ2v) is 3.97. The second-order valence-electron chi connectivity index (χ2n) is 3.57. The molecule has 0 unspecified atom stereocenters. The third-order valence-corrected chi connectivity index (χ3v) is 2.11. The average Bonchev–Trinajstić information content (AvgIpc) is 2.16. The molecule has 0 amide bonds. The normalized spacial score (nSPS) is 11.1. The van der Waals surface area contributed by atoms with Crippen molar-refractivity contribution in [1.29, 1.82) is 0 Å². The van der Waals surface area contributed by atoms with Gasteiger partial charge in [-0.3, -0.25) is 0 Å². The molecule has 0 spiro atoms. The van der Waals surface area contributed by atoms with Crippen LogP contribution in [0.25, 0.3) is 0 Å². The highest BCUT2D eigenvalue weighted by atomic mass is 32.1. The van der Waals surface area contributed by atoms with Crippen LogP contribution in [0.1, 0.15) is 13.8 Å². The lowest BCUT2D eigenvalue weighted by Gasteiger charge is -2.24. The molecule has 84 valence electrons. The molecule has 0 bridgehead atoms. The summed E-state index contributed by atoms with van der Waals surface area (Å²) in [5.74, 6) is 0. The van der Waals surface area contributed by atoms with Gasteiger partial charge in [0.05, 0.1) is 12.2 Å². The molecule has 0 aromatic carbocycles. The molecule has 0 aliphatic carbocycles. The molecular weight excluding hydrogens is 200 g/mol. The predicted octanol–water partition coefficient (Wildman–Crippen LogP) is 0.522. The molecular formula is C9H20N2O2S. The summed E-state index contributed by atoms with van der Waals surface area (Å²) in [5, 5.41) is 6.72. The summed E-state index contributed by atoms with van der Waals surface area (Å²) in [6.07, 6.45) is 0. The van der Waals surface area contributed by atoms with Gasteiger partial charge in [0.1, 0.15) is 0 Å². The van der Waals surface area contributed by atoms with Gasteiger partial charge in [0.25, 0.3) is 0 Å². The van der Waals surface area contributed by atoms with Crippen molar-refractivity contribution in [3.8, 4) is 0 Å². The van der Waals surface area contributed by atoms with Gasteiger partial charge in [-0.15, -0.1) is 0 Å². The van der Waals surface area contributed by atoms with Gasteiger partial charge in [-0.1, -0.05) is 0 Å². The van der Waals surface area contributed by atoms with E-state index in [0.29, 0.717) is 18.3 Å². The maximum absolute atomic E-state index is 5.24. The van der Waals surface area contributed by atoms with E-state index >= 15 is 0 Å². The van der Waals surface area contributed by atoms with Crippen LogP contribution < -0.4 is 10.6 Å². The second kappa shape index (κ2) is 6.98. The van der Waals surface area contributed by atoms with Crippen molar-refractivity contribution >= 4 is 17.3 Å². The van der Waals surface area contributed by atoms with E-state index in [-0.39, 0.29) is 5.60 Å². The fraction of sp³-hybridized carbons (Fsp3) is 0.889. The molecule has 0 aliphatic rings. The van der Waals surface area contributed by atoms with Crippen molar-refractivity contribution in [2.75, 3.05) is 33.9 Å². The Hall–Kier alpha value is -0.390. The van der Waals surface area contributed by atoms with Gasteiger partial charge >= 0.3 is 0 Å². The topological polar surface area (TPSA) is 42.5 Å². The Morgan fingerprint density at radius 3 is 2.43 bits per heavy atom. The number of thiocarbonyl (C=S) groups is 1. The highest BCUT2D eigenvalue weighted by Gasteiger charge is 2.15. The lowest BCUT2D eigenvalue weighted by atomic mass is 10.1. The van der Waals surface area contributed by atoms with Crippen molar-refractivity contribution in [1.82, 2.24) is 10.6 Å². The van der Waals surface area contributed by atoms with Gasteiger partial charge in [-0.05, 0) is 26.1 Å². The Labute approximate surface area is 91.3 Å². The van der Waals surface area contributed by atoms with Crippen molar-refractivity contribution in [2.24, 2.45) is 0 Å². The van der Waals surface area contributed by atoms with Crippen LogP contribution in [0.15, 0.2) is 0 Å². The summed E-state index contributed by atoms with van der Waals surface area (Å²) in [6, 6.07) is 0. The first-order valence-corrected chi connectivity index (χ1v) is 4.98. The SMILES string of the molecule is COCCNC(=S)NCC(C)(C)OC. The molecule has 0 saturated carbocycles. The minimum Gasteiger partial charge on any atom is -0.383 e. The van der Waals surface area contributed by atoms with E-state index in [1.807, 2.05) is 13.8 Å². The number of nitrogens with one attached hydrogen (secondary N) is 2. The number of hydrogen-bond acceptors (Lipinski definition) is 3. The van der Waals surface area contributed by atoms with Crippen molar-refractivity contribution < 1.29 is 9.47 Å². The summed E-state index contributed by atoms with van der Waals surface area (Å²) < 4.78 is 10.1.